The lowest BCUT2D eigenvalue weighted by Crippen LogP contribution is -2.51. The van der Waals surface area contributed by atoms with Gasteiger partial charge in [-0.3, -0.25) is 14.9 Å². The average Bonchev–Trinajstić information content (AvgIpc) is 3.34. The summed E-state index contributed by atoms with van der Waals surface area (Å²) in [5.74, 6) is -1.53. The number of aliphatic hydroxyl groups excluding tert-OH is 1. The Bertz CT molecular complexity index is 1310. The van der Waals surface area contributed by atoms with Gasteiger partial charge in [-0.25, -0.2) is 0 Å². The van der Waals surface area contributed by atoms with Crippen LogP contribution in [0, 0.1) is 11.3 Å². The Labute approximate surface area is 212 Å². The summed E-state index contributed by atoms with van der Waals surface area (Å²) in [5.41, 5.74) is 1.76. The number of amides is 1. The Balaban J connectivity index is 1.71. The number of ketones is 1. The lowest BCUT2D eigenvalue weighted by atomic mass is 9.70. The molecule has 0 unspecified atom stereocenters. The predicted molar refractivity (Wildman–Crippen MR) is 142 cm³/mol. The molecule has 184 valence electrons. The molecule has 1 fully saturated rings. The first-order chi connectivity index (χ1) is 17.2. The molecular formula is C31H32N2O3. The topological polar surface area (TPSA) is 78.4 Å². The maximum atomic E-state index is 14.1. The van der Waals surface area contributed by atoms with Crippen LogP contribution in [0.4, 0.5) is 5.69 Å². The Morgan fingerprint density at radius 1 is 0.944 bits per heavy atom. The van der Waals surface area contributed by atoms with Gasteiger partial charge in [-0.05, 0) is 23.6 Å². The number of benzene rings is 3. The molecule has 5 heteroatoms. The maximum absolute atomic E-state index is 14.1. The standard InChI is InChI=1S/C31H32N2O3/c1-30(2,3)26(35)19-25(34)28-27(21-14-8-5-9-15-21)24(18-20-12-6-4-7-13-20)33-31(28)22-16-10-11-17-23(22)32-29(31)36/h4-17,19,24,27-28,33,35H,18H2,1-3H3,(H,32,36)/b26-19-/t24-,27-,28+,31+/m1/s1. The van der Waals surface area contributed by atoms with Crippen molar-refractivity contribution >= 4 is 17.4 Å². The second-order valence-electron chi connectivity index (χ2n) is 10.8. The van der Waals surface area contributed by atoms with E-state index in [4.69, 9.17) is 0 Å². The third-order valence-corrected chi connectivity index (χ3v) is 7.47. The van der Waals surface area contributed by atoms with Gasteiger partial charge in [0.15, 0.2) is 5.78 Å². The summed E-state index contributed by atoms with van der Waals surface area (Å²) in [4.78, 5) is 28.0. The van der Waals surface area contributed by atoms with E-state index >= 15 is 0 Å². The molecule has 1 saturated heterocycles. The summed E-state index contributed by atoms with van der Waals surface area (Å²) in [6.07, 6.45) is 1.99. The van der Waals surface area contributed by atoms with E-state index in [-0.39, 0.29) is 29.4 Å². The number of allylic oxidation sites excluding steroid dienone is 2. The third kappa shape index (κ3) is 4.03. The molecule has 0 bridgehead atoms. The highest BCUT2D eigenvalue weighted by Gasteiger charge is 2.63. The van der Waals surface area contributed by atoms with Crippen molar-refractivity contribution in [3.05, 3.63) is 113 Å². The van der Waals surface area contributed by atoms with Crippen LogP contribution in [-0.2, 0) is 21.5 Å². The van der Waals surface area contributed by atoms with Crippen LogP contribution >= 0.6 is 0 Å². The zero-order chi connectivity index (χ0) is 25.5. The van der Waals surface area contributed by atoms with E-state index in [0.717, 1.165) is 16.7 Å². The van der Waals surface area contributed by atoms with E-state index in [9.17, 15) is 14.7 Å². The van der Waals surface area contributed by atoms with Gasteiger partial charge >= 0.3 is 0 Å². The van der Waals surface area contributed by atoms with Crippen molar-refractivity contribution in [1.82, 2.24) is 5.32 Å². The first-order valence-corrected chi connectivity index (χ1v) is 12.4. The number of carbonyl (C=O) groups is 2. The highest BCUT2D eigenvalue weighted by Crippen LogP contribution is 2.53. The fourth-order valence-corrected chi connectivity index (χ4v) is 5.68. The Kier molecular flexibility index (Phi) is 6.05. The molecule has 0 aromatic heterocycles. The van der Waals surface area contributed by atoms with Crippen LogP contribution in [0.1, 0.15) is 43.4 Å². The van der Waals surface area contributed by atoms with Crippen molar-refractivity contribution in [3.8, 4) is 0 Å². The van der Waals surface area contributed by atoms with Gasteiger partial charge < -0.3 is 10.4 Å². The number of nitrogens with one attached hydrogen (secondary N) is 2. The molecule has 2 aliphatic rings. The van der Waals surface area contributed by atoms with Gasteiger partial charge in [0.1, 0.15) is 11.3 Å². The number of fused-ring (bicyclic) bond motifs is 2. The van der Waals surface area contributed by atoms with Gasteiger partial charge in [-0.15, -0.1) is 0 Å². The summed E-state index contributed by atoms with van der Waals surface area (Å²) >= 11 is 0. The van der Waals surface area contributed by atoms with Crippen LogP contribution in [0.15, 0.2) is 96.8 Å². The van der Waals surface area contributed by atoms with Crippen molar-refractivity contribution in [2.45, 2.75) is 44.7 Å². The number of para-hydroxylation sites is 1. The summed E-state index contributed by atoms with van der Waals surface area (Å²) in [7, 11) is 0. The molecule has 2 heterocycles. The van der Waals surface area contributed by atoms with Crippen molar-refractivity contribution in [3.63, 3.8) is 0 Å². The van der Waals surface area contributed by atoms with Crippen LogP contribution in [0.2, 0.25) is 0 Å². The van der Waals surface area contributed by atoms with Crippen LogP contribution < -0.4 is 10.6 Å². The fraction of sp³-hybridized carbons (Fsp3) is 0.290. The Morgan fingerprint density at radius 3 is 2.22 bits per heavy atom. The molecule has 0 radical (unpaired) electrons. The lowest BCUT2D eigenvalue weighted by molar-refractivity contribution is -0.129. The lowest BCUT2D eigenvalue weighted by Gasteiger charge is -2.31. The van der Waals surface area contributed by atoms with Crippen LogP contribution in [0.25, 0.3) is 0 Å². The number of hydrogen-bond donors (Lipinski definition) is 3. The zero-order valence-corrected chi connectivity index (χ0v) is 20.9. The number of rotatable bonds is 5. The van der Waals surface area contributed by atoms with E-state index < -0.39 is 16.9 Å². The summed E-state index contributed by atoms with van der Waals surface area (Å²) in [6, 6.07) is 27.4. The molecule has 3 aromatic carbocycles. The molecule has 1 spiro atoms. The SMILES string of the molecule is CC(C)(C)/C(O)=C/C(=O)[C@H]1[C@H](c2ccccc2)[C@@H](Cc2ccccc2)N[C@]12C(=O)Nc1ccccc12. The summed E-state index contributed by atoms with van der Waals surface area (Å²) < 4.78 is 0. The predicted octanol–water partition coefficient (Wildman–Crippen LogP) is 5.51. The van der Waals surface area contributed by atoms with Crippen molar-refractivity contribution in [2.75, 3.05) is 5.32 Å². The molecule has 1 amide bonds. The van der Waals surface area contributed by atoms with E-state index in [1.807, 2.05) is 93.6 Å². The molecule has 5 nitrogen and oxygen atoms in total. The molecule has 3 N–H and O–H groups in total. The number of carbonyl (C=O) groups excluding carboxylic acids is 2. The molecule has 5 rings (SSSR count). The van der Waals surface area contributed by atoms with Crippen LogP contribution in [-0.4, -0.2) is 22.8 Å². The van der Waals surface area contributed by atoms with Crippen LogP contribution in [0.3, 0.4) is 0 Å². The first-order valence-electron chi connectivity index (χ1n) is 12.4. The minimum absolute atomic E-state index is 0.00709. The van der Waals surface area contributed by atoms with Crippen LogP contribution in [0.5, 0.6) is 0 Å². The maximum Gasteiger partial charge on any atom is 0.250 e. The van der Waals surface area contributed by atoms with E-state index in [1.54, 1.807) is 0 Å². The van der Waals surface area contributed by atoms with Crippen molar-refractivity contribution < 1.29 is 14.7 Å². The third-order valence-electron chi connectivity index (χ3n) is 7.47. The number of hydrogen-bond acceptors (Lipinski definition) is 4. The van der Waals surface area contributed by atoms with Crippen molar-refractivity contribution in [2.24, 2.45) is 11.3 Å². The molecule has 2 aliphatic heterocycles. The molecule has 0 aliphatic carbocycles. The van der Waals surface area contributed by atoms with E-state index in [2.05, 4.69) is 22.8 Å². The fourth-order valence-electron chi connectivity index (χ4n) is 5.68. The zero-order valence-electron chi connectivity index (χ0n) is 20.9. The Hall–Kier alpha value is -3.70. The second-order valence-corrected chi connectivity index (χ2v) is 10.8. The molecule has 36 heavy (non-hydrogen) atoms. The smallest absolute Gasteiger partial charge is 0.250 e. The molecule has 3 aromatic rings. The highest BCUT2D eigenvalue weighted by atomic mass is 16.3. The molecule has 0 saturated carbocycles. The van der Waals surface area contributed by atoms with Gasteiger partial charge in [0.2, 0.25) is 5.91 Å². The van der Waals surface area contributed by atoms with Gasteiger partial charge in [0, 0.05) is 34.7 Å². The van der Waals surface area contributed by atoms with E-state index in [1.165, 1.54) is 6.08 Å². The second kappa shape index (κ2) is 9.07. The van der Waals surface area contributed by atoms with Gasteiger partial charge in [0.25, 0.3) is 0 Å². The largest absolute Gasteiger partial charge is 0.512 e. The van der Waals surface area contributed by atoms with Gasteiger partial charge in [-0.1, -0.05) is 99.6 Å². The molecular weight excluding hydrogens is 448 g/mol. The number of aliphatic hydroxyl groups is 1. The summed E-state index contributed by atoms with van der Waals surface area (Å²) in [5, 5.41) is 17.5. The average molecular weight is 481 g/mol. The first kappa shape index (κ1) is 24.0. The monoisotopic (exact) mass is 480 g/mol. The molecule has 4 atom stereocenters. The highest BCUT2D eigenvalue weighted by molar-refractivity contribution is 6.11. The minimum Gasteiger partial charge on any atom is -0.512 e. The number of anilines is 1. The Morgan fingerprint density at radius 2 is 1.56 bits per heavy atom. The van der Waals surface area contributed by atoms with E-state index in [0.29, 0.717) is 12.1 Å². The summed E-state index contributed by atoms with van der Waals surface area (Å²) in [6.45, 7) is 5.58. The van der Waals surface area contributed by atoms with Gasteiger partial charge in [-0.2, -0.15) is 0 Å². The normalized spacial score (nSPS) is 25.6. The van der Waals surface area contributed by atoms with Gasteiger partial charge in [0.05, 0.1) is 5.92 Å². The van der Waals surface area contributed by atoms with Crippen molar-refractivity contribution in [1.29, 1.82) is 0 Å². The minimum atomic E-state index is -1.25. The quantitative estimate of drug-likeness (QED) is 0.333.